The number of nitrogens with zero attached hydrogens (tertiary/aromatic N) is 2. The molecule has 0 atom stereocenters. The van der Waals surface area contributed by atoms with Crippen LogP contribution in [0.2, 0.25) is 0 Å². The van der Waals surface area contributed by atoms with Crippen LogP contribution < -0.4 is 9.64 Å². The van der Waals surface area contributed by atoms with Crippen LogP contribution in [0.5, 0.6) is 5.75 Å². The van der Waals surface area contributed by atoms with Crippen LogP contribution in [0, 0.1) is 0 Å². The lowest BCUT2D eigenvalue weighted by Crippen LogP contribution is -2.25. The van der Waals surface area contributed by atoms with Crippen molar-refractivity contribution in [1.82, 2.24) is 5.16 Å². The molecule has 10 heteroatoms. The average Bonchev–Trinajstić information content (AvgIpc) is 3.37. The second-order valence-electron chi connectivity index (χ2n) is 5.54. The van der Waals surface area contributed by atoms with Crippen LogP contribution in [-0.4, -0.2) is 50.9 Å². The van der Waals surface area contributed by atoms with Crippen LogP contribution in [0.3, 0.4) is 0 Å². The molecule has 0 aliphatic rings. The molecule has 2 aromatic heterocycles. The van der Waals surface area contributed by atoms with E-state index in [2.05, 4.69) is 9.89 Å². The number of carbonyl (C=O) groups excluding carboxylic acids is 3. The summed E-state index contributed by atoms with van der Waals surface area (Å²) < 4.78 is 20.4. The lowest BCUT2D eigenvalue weighted by Gasteiger charge is -2.13. The summed E-state index contributed by atoms with van der Waals surface area (Å²) in [6.07, 6.45) is 1.44. The Morgan fingerprint density at radius 3 is 2.61 bits per heavy atom. The van der Waals surface area contributed by atoms with Gasteiger partial charge in [0, 0.05) is 28.8 Å². The summed E-state index contributed by atoms with van der Waals surface area (Å²) in [5.74, 6) is -1.000. The van der Waals surface area contributed by atoms with Crippen molar-refractivity contribution in [3.05, 3.63) is 40.9 Å². The van der Waals surface area contributed by atoms with Gasteiger partial charge in [-0.2, -0.15) is 0 Å². The number of hydrogen-bond acceptors (Lipinski definition) is 9. The van der Waals surface area contributed by atoms with Crippen LogP contribution in [0.25, 0.3) is 10.1 Å². The van der Waals surface area contributed by atoms with Gasteiger partial charge in [0.05, 0.1) is 20.4 Å². The molecule has 0 fully saturated rings. The maximum Gasteiger partial charge on any atom is 0.351 e. The van der Waals surface area contributed by atoms with Crippen LogP contribution >= 0.6 is 11.3 Å². The van der Waals surface area contributed by atoms with Gasteiger partial charge in [0.15, 0.2) is 17.2 Å². The van der Waals surface area contributed by atoms with Crippen molar-refractivity contribution >= 4 is 45.2 Å². The molecule has 0 unspecified atom stereocenters. The molecule has 9 nitrogen and oxygen atoms in total. The van der Waals surface area contributed by atoms with Crippen molar-refractivity contribution in [2.75, 3.05) is 32.8 Å². The lowest BCUT2D eigenvalue weighted by atomic mass is 10.1. The zero-order chi connectivity index (χ0) is 20.3. The summed E-state index contributed by atoms with van der Waals surface area (Å²) in [4.78, 5) is 37.7. The summed E-state index contributed by atoms with van der Waals surface area (Å²) in [7, 11) is 4.05. The number of carbonyl (C=O) groups is 3. The van der Waals surface area contributed by atoms with Crippen molar-refractivity contribution in [3.63, 3.8) is 0 Å². The van der Waals surface area contributed by atoms with Gasteiger partial charge in [0.1, 0.15) is 0 Å². The highest BCUT2D eigenvalue weighted by Gasteiger charge is 2.23. The second kappa shape index (κ2) is 8.09. The number of thiophene rings is 1. The standard InChI is InChI=1S/C18H16N2O7S/c1-20(13-6-7-19-27-13)17(22)10-4-5-11-12(8-10)28-16(18(23)25-3)15(11)26-9-14(21)24-2/h4-8H,9H2,1-3H3. The van der Waals surface area contributed by atoms with Crippen molar-refractivity contribution in [2.24, 2.45) is 0 Å². The fourth-order valence-corrected chi connectivity index (χ4v) is 3.55. The molecule has 1 amide bonds. The van der Waals surface area contributed by atoms with Gasteiger partial charge < -0.3 is 18.7 Å². The maximum absolute atomic E-state index is 12.7. The molecule has 0 saturated heterocycles. The number of amides is 1. The van der Waals surface area contributed by atoms with E-state index >= 15 is 0 Å². The molecule has 28 heavy (non-hydrogen) atoms. The largest absolute Gasteiger partial charge is 0.479 e. The van der Waals surface area contributed by atoms with E-state index in [1.807, 2.05) is 0 Å². The number of aromatic nitrogens is 1. The SMILES string of the molecule is COC(=O)COc1c(C(=O)OC)sc2cc(C(=O)N(C)c3ccno3)ccc12. The molecule has 0 spiro atoms. The third kappa shape index (κ3) is 3.67. The zero-order valence-corrected chi connectivity index (χ0v) is 16.1. The van der Waals surface area contributed by atoms with Gasteiger partial charge in [-0.05, 0) is 18.2 Å². The van der Waals surface area contributed by atoms with Gasteiger partial charge in [-0.1, -0.05) is 5.16 Å². The van der Waals surface area contributed by atoms with Gasteiger partial charge in [-0.15, -0.1) is 11.3 Å². The number of benzene rings is 1. The van der Waals surface area contributed by atoms with E-state index in [4.69, 9.17) is 14.0 Å². The molecule has 0 aliphatic heterocycles. The molecule has 146 valence electrons. The molecule has 3 rings (SSSR count). The number of esters is 2. The Balaban J connectivity index is 1.98. The smallest absolute Gasteiger partial charge is 0.351 e. The van der Waals surface area contributed by atoms with Crippen molar-refractivity contribution in [3.8, 4) is 5.75 Å². The predicted molar refractivity (Wildman–Crippen MR) is 99.9 cm³/mol. The minimum absolute atomic E-state index is 0.189. The van der Waals surface area contributed by atoms with E-state index in [0.717, 1.165) is 11.3 Å². The van der Waals surface area contributed by atoms with Crippen molar-refractivity contribution in [1.29, 1.82) is 0 Å². The lowest BCUT2D eigenvalue weighted by molar-refractivity contribution is -0.142. The molecule has 2 heterocycles. The minimum Gasteiger partial charge on any atom is -0.479 e. The van der Waals surface area contributed by atoms with Gasteiger partial charge in [0.25, 0.3) is 5.91 Å². The van der Waals surface area contributed by atoms with Crippen LogP contribution in [-0.2, 0) is 14.3 Å². The minimum atomic E-state index is -0.604. The number of ether oxygens (including phenoxy) is 3. The Bertz CT molecular complexity index is 1030. The Hall–Kier alpha value is -3.40. The molecule has 0 N–H and O–H groups in total. The van der Waals surface area contributed by atoms with Crippen molar-refractivity contribution < 1.29 is 33.1 Å². The Kier molecular flexibility index (Phi) is 5.59. The van der Waals surface area contributed by atoms with E-state index < -0.39 is 11.9 Å². The number of fused-ring (bicyclic) bond motifs is 1. The Labute approximate surface area is 163 Å². The predicted octanol–water partition coefficient (Wildman–Crippen LogP) is 2.50. The fourth-order valence-electron chi connectivity index (χ4n) is 2.44. The average molecular weight is 404 g/mol. The Morgan fingerprint density at radius 2 is 1.96 bits per heavy atom. The first-order valence-corrected chi connectivity index (χ1v) is 8.81. The number of methoxy groups -OCH3 is 2. The highest BCUT2D eigenvalue weighted by Crippen LogP contribution is 2.39. The number of hydrogen-bond donors (Lipinski definition) is 0. The van der Waals surface area contributed by atoms with Gasteiger partial charge in [-0.3, -0.25) is 9.69 Å². The van der Waals surface area contributed by atoms with E-state index in [9.17, 15) is 14.4 Å². The van der Waals surface area contributed by atoms with Crippen molar-refractivity contribution in [2.45, 2.75) is 0 Å². The molecule has 0 radical (unpaired) electrons. The molecular formula is C18H16N2O7S. The third-order valence-electron chi connectivity index (χ3n) is 3.88. The van der Waals surface area contributed by atoms with E-state index in [1.165, 1.54) is 25.3 Å². The number of anilines is 1. The molecule has 1 aromatic carbocycles. The first-order chi connectivity index (χ1) is 13.5. The van der Waals surface area contributed by atoms with Gasteiger partial charge in [0.2, 0.25) is 5.88 Å². The summed E-state index contributed by atoms with van der Waals surface area (Å²) >= 11 is 1.10. The normalized spacial score (nSPS) is 10.5. The number of rotatable bonds is 6. The van der Waals surface area contributed by atoms with Crippen LogP contribution in [0.15, 0.2) is 35.0 Å². The highest BCUT2D eigenvalue weighted by molar-refractivity contribution is 7.21. The van der Waals surface area contributed by atoms with E-state index in [1.54, 1.807) is 31.3 Å². The van der Waals surface area contributed by atoms with Gasteiger partial charge in [-0.25, -0.2) is 9.59 Å². The summed E-state index contributed by atoms with van der Waals surface area (Å²) in [5.41, 5.74) is 0.378. The summed E-state index contributed by atoms with van der Waals surface area (Å²) in [5, 5.41) is 4.16. The van der Waals surface area contributed by atoms with Crippen LogP contribution in [0.4, 0.5) is 5.88 Å². The molecule has 0 saturated carbocycles. The Morgan fingerprint density at radius 1 is 1.18 bits per heavy atom. The topological polar surface area (TPSA) is 108 Å². The van der Waals surface area contributed by atoms with Crippen LogP contribution in [0.1, 0.15) is 20.0 Å². The monoisotopic (exact) mass is 404 g/mol. The summed E-state index contributed by atoms with van der Waals surface area (Å²) in [6, 6.07) is 6.44. The first kappa shape index (κ1) is 19.4. The second-order valence-corrected chi connectivity index (χ2v) is 6.59. The molecule has 3 aromatic rings. The first-order valence-electron chi connectivity index (χ1n) is 7.99. The third-order valence-corrected chi connectivity index (χ3v) is 5.00. The summed E-state index contributed by atoms with van der Waals surface area (Å²) in [6.45, 7) is -0.360. The quantitative estimate of drug-likeness (QED) is 0.577. The fraction of sp³-hybridized carbons (Fsp3) is 0.222. The molecule has 0 aliphatic carbocycles. The van der Waals surface area contributed by atoms with Gasteiger partial charge >= 0.3 is 11.9 Å². The van der Waals surface area contributed by atoms with E-state index in [-0.39, 0.29) is 23.1 Å². The highest BCUT2D eigenvalue weighted by atomic mass is 32.1. The van der Waals surface area contributed by atoms with E-state index in [0.29, 0.717) is 21.5 Å². The maximum atomic E-state index is 12.7. The molecule has 0 bridgehead atoms. The zero-order valence-electron chi connectivity index (χ0n) is 15.3. The molecular weight excluding hydrogens is 388 g/mol.